The molecule has 15 heavy (non-hydrogen) atoms. The maximum atomic E-state index is 9.11. The molecule has 0 spiro atoms. The summed E-state index contributed by atoms with van der Waals surface area (Å²) >= 11 is 4.84. The van der Waals surface area contributed by atoms with Crippen molar-refractivity contribution in [1.82, 2.24) is 0 Å². The van der Waals surface area contributed by atoms with Crippen LogP contribution in [0.5, 0.6) is 5.75 Å². The molecule has 4 nitrogen and oxygen atoms in total. The third kappa shape index (κ3) is 3.47. The first-order chi connectivity index (χ1) is 7.15. The van der Waals surface area contributed by atoms with E-state index in [1.165, 1.54) is 0 Å². The molecule has 0 radical (unpaired) electrons. The third-order valence-corrected chi connectivity index (χ3v) is 2.01. The lowest BCUT2D eigenvalue weighted by molar-refractivity contribution is 0.0535. The maximum absolute atomic E-state index is 9.11. The van der Waals surface area contributed by atoms with Crippen LogP contribution in [0.1, 0.15) is 5.56 Å². The van der Waals surface area contributed by atoms with Crippen LogP contribution in [0.4, 0.5) is 0 Å². The van der Waals surface area contributed by atoms with Crippen molar-refractivity contribution in [3.8, 4) is 5.75 Å². The Labute approximate surface area is 93.3 Å². The number of benzene rings is 1. The smallest absolute Gasteiger partial charge is 0.129 e. The Balaban J connectivity index is 2.72. The first-order valence-corrected chi connectivity index (χ1v) is 4.86. The van der Waals surface area contributed by atoms with E-state index < -0.39 is 6.10 Å². The zero-order chi connectivity index (χ0) is 11.3. The van der Waals surface area contributed by atoms with Gasteiger partial charge in [-0.15, -0.1) is 0 Å². The first-order valence-electron chi connectivity index (χ1n) is 4.45. The molecule has 1 aromatic rings. The van der Waals surface area contributed by atoms with Crippen LogP contribution in [0.15, 0.2) is 24.3 Å². The molecule has 5 heteroatoms. The summed E-state index contributed by atoms with van der Waals surface area (Å²) in [5.41, 5.74) is 6.12. The summed E-state index contributed by atoms with van der Waals surface area (Å²) in [6.07, 6.45) is -0.899. The highest BCUT2D eigenvalue weighted by molar-refractivity contribution is 7.80. The highest BCUT2D eigenvalue weighted by atomic mass is 32.1. The number of thiocarbonyl (C=S) groups is 1. The fourth-order valence-electron chi connectivity index (χ4n) is 1.03. The number of nitrogens with two attached hydrogens (primary N) is 1. The number of rotatable bonds is 5. The lowest BCUT2D eigenvalue weighted by atomic mass is 10.2. The summed E-state index contributed by atoms with van der Waals surface area (Å²) in [5.74, 6) is 0.512. The Kier molecular flexibility index (Phi) is 4.48. The molecule has 0 aliphatic carbocycles. The van der Waals surface area contributed by atoms with E-state index in [4.69, 9.17) is 32.9 Å². The Bertz CT molecular complexity index is 343. The van der Waals surface area contributed by atoms with Gasteiger partial charge >= 0.3 is 0 Å². The second kappa shape index (κ2) is 5.65. The maximum Gasteiger partial charge on any atom is 0.129 e. The molecule has 0 aromatic heterocycles. The second-order valence-corrected chi connectivity index (χ2v) is 3.45. The van der Waals surface area contributed by atoms with Gasteiger partial charge in [0.15, 0.2) is 0 Å². The van der Waals surface area contributed by atoms with Gasteiger partial charge in [0.1, 0.15) is 23.4 Å². The van der Waals surface area contributed by atoms with E-state index in [1.54, 1.807) is 24.3 Å². The monoisotopic (exact) mass is 227 g/mol. The van der Waals surface area contributed by atoms with Gasteiger partial charge in [0.05, 0.1) is 12.2 Å². The average molecular weight is 227 g/mol. The van der Waals surface area contributed by atoms with Crippen LogP contribution in [0.25, 0.3) is 0 Å². The van der Waals surface area contributed by atoms with Crippen molar-refractivity contribution in [2.75, 3.05) is 13.2 Å². The predicted octanol–water partition coefficient (Wildman–Crippen LogP) is 0.0528. The Morgan fingerprint density at radius 3 is 2.73 bits per heavy atom. The van der Waals surface area contributed by atoms with Crippen molar-refractivity contribution >= 4 is 17.2 Å². The Morgan fingerprint density at radius 2 is 2.13 bits per heavy atom. The molecule has 0 aliphatic rings. The SMILES string of the molecule is NC(=S)c1ccccc1OCC(O)CO. The highest BCUT2D eigenvalue weighted by Gasteiger charge is 2.07. The van der Waals surface area contributed by atoms with Gasteiger partial charge in [-0.1, -0.05) is 24.4 Å². The van der Waals surface area contributed by atoms with Gasteiger partial charge in [-0.2, -0.15) is 0 Å². The van der Waals surface area contributed by atoms with Crippen molar-refractivity contribution in [2.45, 2.75) is 6.10 Å². The molecule has 0 aliphatic heterocycles. The number of hydrogen-bond donors (Lipinski definition) is 3. The molecule has 1 unspecified atom stereocenters. The average Bonchev–Trinajstić information content (AvgIpc) is 2.26. The standard InChI is InChI=1S/C10H13NO3S/c11-10(15)8-3-1-2-4-9(8)14-6-7(13)5-12/h1-4,7,12-13H,5-6H2,(H2,11,15). The molecule has 1 atom stereocenters. The van der Waals surface area contributed by atoms with E-state index in [-0.39, 0.29) is 18.2 Å². The Morgan fingerprint density at radius 1 is 1.47 bits per heavy atom. The predicted molar refractivity (Wildman–Crippen MR) is 60.9 cm³/mol. The molecule has 0 fully saturated rings. The van der Waals surface area contributed by atoms with Crippen molar-refractivity contribution < 1.29 is 14.9 Å². The fraction of sp³-hybridized carbons (Fsp3) is 0.300. The largest absolute Gasteiger partial charge is 0.490 e. The molecule has 82 valence electrons. The number of ether oxygens (including phenoxy) is 1. The fourth-order valence-corrected chi connectivity index (χ4v) is 1.20. The lowest BCUT2D eigenvalue weighted by Crippen LogP contribution is -2.22. The van der Waals surface area contributed by atoms with Crippen molar-refractivity contribution in [3.05, 3.63) is 29.8 Å². The van der Waals surface area contributed by atoms with E-state index in [1.807, 2.05) is 0 Å². The van der Waals surface area contributed by atoms with Gasteiger partial charge in [0.25, 0.3) is 0 Å². The second-order valence-electron chi connectivity index (χ2n) is 3.01. The summed E-state index contributed by atoms with van der Waals surface area (Å²) in [6.45, 7) is -0.328. The van der Waals surface area contributed by atoms with Crippen molar-refractivity contribution in [3.63, 3.8) is 0 Å². The summed E-state index contributed by atoms with van der Waals surface area (Å²) in [5, 5.41) is 17.7. The van der Waals surface area contributed by atoms with E-state index in [9.17, 15) is 0 Å². The molecule has 0 amide bonds. The molecule has 1 aromatic carbocycles. The van der Waals surface area contributed by atoms with Crippen LogP contribution in [-0.2, 0) is 0 Å². The van der Waals surface area contributed by atoms with Crippen molar-refractivity contribution in [2.24, 2.45) is 5.73 Å². The molecule has 4 N–H and O–H groups in total. The minimum absolute atomic E-state index is 0.0100. The van der Waals surface area contributed by atoms with Crippen LogP contribution < -0.4 is 10.5 Å². The van der Waals surface area contributed by atoms with E-state index in [2.05, 4.69) is 0 Å². The summed E-state index contributed by atoms with van der Waals surface area (Å²) in [7, 11) is 0. The lowest BCUT2D eigenvalue weighted by Gasteiger charge is -2.12. The number of para-hydroxylation sites is 1. The molecule has 1 rings (SSSR count). The molecule has 0 bridgehead atoms. The van der Waals surface area contributed by atoms with Crippen LogP contribution in [0.2, 0.25) is 0 Å². The van der Waals surface area contributed by atoms with Gasteiger partial charge in [0, 0.05) is 0 Å². The van der Waals surface area contributed by atoms with E-state index in [0.29, 0.717) is 11.3 Å². The van der Waals surface area contributed by atoms with Gasteiger partial charge in [0.2, 0.25) is 0 Å². The Hall–Kier alpha value is -1.17. The topological polar surface area (TPSA) is 75.7 Å². The normalized spacial score (nSPS) is 12.1. The molecule has 0 saturated heterocycles. The first kappa shape index (κ1) is 11.9. The minimum atomic E-state index is -0.899. The van der Waals surface area contributed by atoms with Crippen LogP contribution >= 0.6 is 12.2 Å². The molecule has 0 saturated carbocycles. The molecular weight excluding hydrogens is 214 g/mol. The number of aliphatic hydroxyl groups is 2. The van der Waals surface area contributed by atoms with Crippen LogP contribution in [0, 0.1) is 0 Å². The molecular formula is C10H13NO3S. The van der Waals surface area contributed by atoms with Gasteiger partial charge in [-0.25, -0.2) is 0 Å². The summed E-state index contributed by atoms with van der Waals surface area (Å²) in [4.78, 5) is 0.240. The zero-order valence-electron chi connectivity index (χ0n) is 8.09. The molecule has 0 heterocycles. The van der Waals surface area contributed by atoms with E-state index >= 15 is 0 Å². The highest BCUT2D eigenvalue weighted by Crippen LogP contribution is 2.17. The van der Waals surface area contributed by atoms with Crippen LogP contribution in [0.3, 0.4) is 0 Å². The zero-order valence-corrected chi connectivity index (χ0v) is 8.91. The quantitative estimate of drug-likeness (QED) is 0.620. The number of aliphatic hydroxyl groups excluding tert-OH is 2. The number of hydrogen-bond acceptors (Lipinski definition) is 4. The van der Waals surface area contributed by atoms with Crippen molar-refractivity contribution in [1.29, 1.82) is 0 Å². The van der Waals surface area contributed by atoms with E-state index in [0.717, 1.165) is 0 Å². The van der Waals surface area contributed by atoms with Gasteiger partial charge in [-0.3, -0.25) is 0 Å². The summed E-state index contributed by atoms with van der Waals surface area (Å²) < 4.78 is 5.27. The minimum Gasteiger partial charge on any atom is -0.490 e. The third-order valence-electron chi connectivity index (χ3n) is 1.79. The van der Waals surface area contributed by atoms with Crippen LogP contribution in [-0.4, -0.2) is 34.5 Å². The summed E-state index contributed by atoms with van der Waals surface area (Å²) in [6, 6.07) is 7.02. The van der Waals surface area contributed by atoms with Gasteiger partial charge < -0.3 is 20.7 Å². The van der Waals surface area contributed by atoms with Gasteiger partial charge in [-0.05, 0) is 12.1 Å².